The number of rotatable bonds is 7. The highest BCUT2D eigenvalue weighted by atomic mass is 16.5. The first kappa shape index (κ1) is 12.7. The third-order valence-electron chi connectivity index (χ3n) is 2.59. The van der Waals surface area contributed by atoms with E-state index in [2.05, 4.69) is 15.6 Å². The molecule has 1 amide bonds. The third kappa shape index (κ3) is 3.91. The van der Waals surface area contributed by atoms with Crippen LogP contribution in [0.4, 0.5) is 5.82 Å². The van der Waals surface area contributed by atoms with E-state index in [1.807, 2.05) is 19.1 Å². The molecule has 18 heavy (non-hydrogen) atoms. The summed E-state index contributed by atoms with van der Waals surface area (Å²) in [6, 6.07) is 4.06. The highest BCUT2D eigenvalue weighted by molar-refractivity contribution is 5.81. The van der Waals surface area contributed by atoms with Gasteiger partial charge < -0.3 is 15.4 Å². The van der Waals surface area contributed by atoms with Crippen LogP contribution in [0.25, 0.3) is 0 Å². The Hall–Kier alpha value is -1.78. The van der Waals surface area contributed by atoms with Crippen LogP contribution < -0.4 is 15.4 Å². The van der Waals surface area contributed by atoms with Crippen molar-refractivity contribution in [2.45, 2.75) is 32.2 Å². The molecule has 0 bridgehead atoms. The molecule has 1 heterocycles. The van der Waals surface area contributed by atoms with Gasteiger partial charge in [-0.25, -0.2) is 4.98 Å². The van der Waals surface area contributed by atoms with Crippen molar-refractivity contribution in [1.29, 1.82) is 0 Å². The zero-order valence-electron chi connectivity index (χ0n) is 10.6. The molecule has 98 valence electrons. The average Bonchev–Trinajstić information content (AvgIpc) is 3.18. The van der Waals surface area contributed by atoms with Crippen LogP contribution in [0.15, 0.2) is 18.3 Å². The summed E-state index contributed by atoms with van der Waals surface area (Å²) < 4.78 is 5.56. The molecule has 0 aromatic carbocycles. The fraction of sp³-hybridized carbons (Fsp3) is 0.538. The lowest BCUT2D eigenvalue weighted by molar-refractivity contribution is -0.119. The summed E-state index contributed by atoms with van der Waals surface area (Å²) in [7, 11) is 0. The van der Waals surface area contributed by atoms with E-state index in [1.54, 1.807) is 6.20 Å². The van der Waals surface area contributed by atoms with E-state index in [-0.39, 0.29) is 12.5 Å². The number of nitrogens with one attached hydrogen (secondary N) is 2. The van der Waals surface area contributed by atoms with E-state index in [9.17, 15) is 4.79 Å². The molecule has 0 atom stereocenters. The highest BCUT2D eigenvalue weighted by Gasteiger charge is 2.23. The quantitative estimate of drug-likeness (QED) is 0.769. The van der Waals surface area contributed by atoms with Crippen molar-refractivity contribution in [2.24, 2.45) is 0 Å². The highest BCUT2D eigenvalue weighted by Crippen LogP contribution is 2.21. The summed E-state index contributed by atoms with van der Waals surface area (Å²) in [5.41, 5.74) is 0. The lowest BCUT2D eigenvalue weighted by atomic mass is 10.4. The molecule has 2 N–H and O–H groups in total. The van der Waals surface area contributed by atoms with Gasteiger partial charge in [-0.2, -0.15) is 0 Å². The topological polar surface area (TPSA) is 63.2 Å². The third-order valence-corrected chi connectivity index (χ3v) is 2.59. The fourth-order valence-electron chi connectivity index (χ4n) is 1.52. The van der Waals surface area contributed by atoms with Gasteiger partial charge in [0, 0.05) is 12.2 Å². The Labute approximate surface area is 107 Å². The Morgan fingerprint density at radius 2 is 2.39 bits per heavy atom. The number of anilines is 1. The molecule has 5 nitrogen and oxygen atoms in total. The van der Waals surface area contributed by atoms with Crippen molar-refractivity contribution in [3.63, 3.8) is 0 Å². The predicted molar refractivity (Wildman–Crippen MR) is 69.7 cm³/mol. The second-order valence-electron chi connectivity index (χ2n) is 4.39. The maximum absolute atomic E-state index is 11.5. The summed E-state index contributed by atoms with van der Waals surface area (Å²) in [5.74, 6) is 1.32. The summed E-state index contributed by atoms with van der Waals surface area (Å²) in [6.07, 6.45) is 4.82. The molecular formula is C13H19N3O2. The Morgan fingerprint density at radius 3 is 3.11 bits per heavy atom. The molecule has 0 saturated heterocycles. The Bertz CT molecular complexity index is 405. The second-order valence-corrected chi connectivity index (χ2v) is 4.39. The van der Waals surface area contributed by atoms with Crippen molar-refractivity contribution in [2.75, 3.05) is 18.5 Å². The summed E-state index contributed by atoms with van der Waals surface area (Å²) in [5, 5.41) is 5.92. The van der Waals surface area contributed by atoms with Crippen molar-refractivity contribution in [3.8, 4) is 5.75 Å². The van der Waals surface area contributed by atoms with Gasteiger partial charge in [-0.1, -0.05) is 6.92 Å². The van der Waals surface area contributed by atoms with Crippen LogP contribution in [0.2, 0.25) is 0 Å². The molecule has 5 heteroatoms. The molecule has 0 aliphatic heterocycles. The lowest BCUT2D eigenvalue weighted by Gasteiger charge is -2.11. The zero-order chi connectivity index (χ0) is 12.8. The van der Waals surface area contributed by atoms with Gasteiger partial charge in [-0.15, -0.1) is 0 Å². The van der Waals surface area contributed by atoms with E-state index in [0.29, 0.717) is 24.2 Å². The number of ether oxygens (including phenoxy) is 1. The van der Waals surface area contributed by atoms with Crippen molar-refractivity contribution >= 4 is 11.7 Å². The Kier molecular flexibility index (Phi) is 4.39. The predicted octanol–water partition coefficient (Wildman–Crippen LogP) is 1.56. The molecule has 1 saturated carbocycles. The number of carbonyl (C=O) groups excluding carboxylic acids is 1. The second kappa shape index (κ2) is 6.23. The fourth-order valence-corrected chi connectivity index (χ4v) is 1.52. The van der Waals surface area contributed by atoms with Crippen LogP contribution in [-0.4, -0.2) is 30.1 Å². The minimum atomic E-state index is 0.00425. The van der Waals surface area contributed by atoms with Gasteiger partial charge in [0.2, 0.25) is 5.91 Å². The van der Waals surface area contributed by atoms with Crippen molar-refractivity contribution in [1.82, 2.24) is 10.3 Å². The first-order chi connectivity index (χ1) is 8.79. The van der Waals surface area contributed by atoms with E-state index < -0.39 is 0 Å². The summed E-state index contributed by atoms with van der Waals surface area (Å²) in [4.78, 5) is 15.7. The standard InChI is InChI=1S/C13H19N3O2/c1-2-8-18-11-4-3-7-14-13(11)15-9-12(17)16-10-5-6-10/h3-4,7,10H,2,5-6,8-9H2,1H3,(H,14,15)(H,16,17). The summed E-state index contributed by atoms with van der Waals surface area (Å²) in [6.45, 7) is 2.93. The Balaban J connectivity index is 1.84. The van der Waals surface area contributed by atoms with Gasteiger partial charge in [0.1, 0.15) is 0 Å². The van der Waals surface area contributed by atoms with Gasteiger partial charge in [0.15, 0.2) is 11.6 Å². The van der Waals surface area contributed by atoms with Gasteiger partial charge in [-0.3, -0.25) is 4.79 Å². The Morgan fingerprint density at radius 1 is 1.56 bits per heavy atom. The smallest absolute Gasteiger partial charge is 0.239 e. The molecule has 0 radical (unpaired) electrons. The van der Waals surface area contributed by atoms with Gasteiger partial charge in [0.25, 0.3) is 0 Å². The number of pyridine rings is 1. The van der Waals surface area contributed by atoms with Crippen LogP contribution >= 0.6 is 0 Å². The van der Waals surface area contributed by atoms with Crippen LogP contribution in [-0.2, 0) is 4.79 Å². The molecule has 1 fully saturated rings. The van der Waals surface area contributed by atoms with Crippen molar-refractivity contribution in [3.05, 3.63) is 18.3 Å². The zero-order valence-corrected chi connectivity index (χ0v) is 10.6. The number of nitrogens with zero attached hydrogens (tertiary/aromatic N) is 1. The van der Waals surface area contributed by atoms with Crippen LogP contribution in [0.1, 0.15) is 26.2 Å². The normalized spacial score (nSPS) is 14.1. The SMILES string of the molecule is CCCOc1cccnc1NCC(=O)NC1CC1. The molecule has 1 aromatic rings. The van der Waals surface area contributed by atoms with Gasteiger partial charge in [0.05, 0.1) is 13.2 Å². The van der Waals surface area contributed by atoms with E-state index in [1.165, 1.54) is 0 Å². The number of hydrogen-bond acceptors (Lipinski definition) is 4. The number of carbonyl (C=O) groups is 1. The van der Waals surface area contributed by atoms with E-state index in [0.717, 1.165) is 19.3 Å². The number of hydrogen-bond donors (Lipinski definition) is 2. The number of aromatic nitrogens is 1. The van der Waals surface area contributed by atoms with Gasteiger partial charge in [-0.05, 0) is 31.4 Å². The lowest BCUT2D eigenvalue weighted by Crippen LogP contribution is -2.31. The van der Waals surface area contributed by atoms with E-state index >= 15 is 0 Å². The first-order valence-corrected chi connectivity index (χ1v) is 6.40. The molecule has 2 rings (SSSR count). The van der Waals surface area contributed by atoms with Crippen LogP contribution in [0, 0.1) is 0 Å². The molecule has 0 spiro atoms. The molecular weight excluding hydrogens is 230 g/mol. The average molecular weight is 249 g/mol. The first-order valence-electron chi connectivity index (χ1n) is 6.40. The van der Waals surface area contributed by atoms with Gasteiger partial charge >= 0.3 is 0 Å². The van der Waals surface area contributed by atoms with E-state index in [4.69, 9.17) is 4.74 Å². The molecule has 1 aliphatic rings. The summed E-state index contributed by atoms with van der Waals surface area (Å²) >= 11 is 0. The molecule has 0 unspecified atom stereocenters. The monoisotopic (exact) mass is 249 g/mol. The molecule has 1 aliphatic carbocycles. The van der Waals surface area contributed by atoms with Crippen LogP contribution in [0.3, 0.4) is 0 Å². The number of amides is 1. The van der Waals surface area contributed by atoms with Crippen molar-refractivity contribution < 1.29 is 9.53 Å². The maximum atomic E-state index is 11.5. The van der Waals surface area contributed by atoms with Crippen LogP contribution in [0.5, 0.6) is 5.75 Å². The largest absolute Gasteiger partial charge is 0.490 e. The minimum absolute atomic E-state index is 0.00425. The maximum Gasteiger partial charge on any atom is 0.239 e. The molecule has 1 aromatic heterocycles. The minimum Gasteiger partial charge on any atom is -0.490 e.